The molecule has 0 spiro atoms. The highest BCUT2D eigenvalue weighted by molar-refractivity contribution is 5.65. The summed E-state index contributed by atoms with van der Waals surface area (Å²) in [4.78, 5) is 8.82. The number of hydrogen-bond acceptors (Lipinski definition) is 5. The van der Waals surface area contributed by atoms with Crippen LogP contribution in [0.15, 0.2) is 18.6 Å². The zero-order valence-electron chi connectivity index (χ0n) is 11.6. The van der Waals surface area contributed by atoms with Crippen molar-refractivity contribution in [3.05, 3.63) is 18.6 Å². The summed E-state index contributed by atoms with van der Waals surface area (Å²) < 4.78 is 1.93. The topological polar surface area (TPSA) is 74.5 Å². The van der Waals surface area contributed by atoms with Gasteiger partial charge in [-0.05, 0) is 12.3 Å². The molecule has 0 bridgehead atoms. The van der Waals surface area contributed by atoms with Crippen LogP contribution in [0.4, 0.5) is 11.6 Å². The Morgan fingerprint density at radius 1 is 1.42 bits per heavy atom. The molecule has 0 aliphatic heterocycles. The molecule has 1 atom stereocenters. The largest absolute Gasteiger partial charge is 0.396 e. The van der Waals surface area contributed by atoms with Crippen LogP contribution in [0.1, 0.15) is 20.3 Å². The highest BCUT2D eigenvalue weighted by Gasteiger charge is 2.16. The minimum atomic E-state index is 0.159. The van der Waals surface area contributed by atoms with Gasteiger partial charge in [0.25, 0.3) is 0 Å². The van der Waals surface area contributed by atoms with Crippen molar-refractivity contribution in [3.63, 3.8) is 0 Å². The van der Waals surface area contributed by atoms with Crippen LogP contribution in [0, 0.1) is 5.92 Å². The highest BCUT2D eigenvalue weighted by Crippen LogP contribution is 2.19. The van der Waals surface area contributed by atoms with Crippen LogP contribution in [0.5, 0.6) is 0 Å². The van der Waals surface area contributed by atoms with Gasteiger partial charge in [-0.2, -0.15) is 0 Å². The maximum atomic E-state index is 9.14. The van der Waals surface area contributed by atoms with E-state index in [1.54, 1.807) is 6.20 Å². The van der Waals surface area contributed by atoms with Crippen molar-refractivity contribution in [3.8, 4) is 0 Å². The minimum Gasteiger partial charge on any atom is -0.396 e. The molecule has 3 N–H and O–H groups in total. The van der Waals surface area contributed by atoms with Crippen molar-refractivity contribution in [2.45, 2.75) is 26.3 Å². The second-order valence-electron chi connectivity index (χ2n) is 4.89. The SMILES string of the molecule is CNc1cn2ccnc2c(NC(CCO)C(C)C)n1. The molecule has 19 heavy (non-hydrogen) atoms. The average Bonchev–Trinajstić information content (AvgIpc) is 2.86. The fourth-order valence-corrected chi connectivity index (χ4v) is 2.04. The van der Waals surface area contributed by atoms with Crippen LogP contribution in [0.2, 0.25) is 0 Å². The first kappa shape index (κ1) is 13.6. The quantitative estimate of drug-likeness (QED) is 0.738. The predicted molar refractivity (Wildman–Crippen MR) is 76.5 cm³/mol. The molecule has 104 valence electrons. The maximum Gasteiger partial charge on any atom is 0.180 e. The number of nitrogens with one attached hydrogen (secondary N) is 2. The second kappa shape index (κ2) is 5.88. The number of fused-ring (bicyclic) bond motifs is 1. The fraction of sp³-hybridized carbons (Fsp3) is 0.538. The van der Waals surface area contributed by atoms with Crippen LogP contribution in [-0.4, -0.2) is 39.2 Å². The molecular formula is C13H21N5O. The second-order valence-corrected chi connectivity index (χ2v) is 4.89. The Labute approximate surface area is 112 Å². The van der Waals surface area contributed by atoms with Crippen LogP contribution >= 0.6 is 0 Å². The molecule has 0 aromatic carbocycles. The summed E-state index contributed by atoms with van der Waals surface area (Å²) in [6.45, 7) is 4.41. The van der Waals surface area contributed by atoms with Gasteiger partial charge in [0.05, 0.1) is 6.20 Å². The molecule has 0 fully saturated rings. The number of hydrogen-bond donors (Lipinski definition) is 3. The lowest BCUT2D eigenvalue weighted by Gasteiger charge is -2.22. The Balaban J connectivity index is 2.34. The van der Waals surface area contributed by atoms with Crippen LogP contribution in [-0.2, 0) is 0 Å². The molecule has 0 saturated carbocycles. The van der Waals surface area contributed by atoms with E-state index in [0.717, 1.165) is 17.3 Å². The molecule has 2 aromatic heterocycles. The number of imidazole rings is 1. The summed E-state index contributed by atoms with van der Waals surface area (Å²) in [5.41, 5.74) is 0.794. The Kier molecular flexibility index (Phi) is 4.21. The van der Waals surface area contributed by atoms with Crippen LogP contribution in [0.3, 0.4) is 0 Å². The minimum absolute atomic E-state index is 0.159. The van der Waals surface area contributed by atoms with Crippen LogP contribution < -0.4 is 10.6 Å². The normalized spacial score (nSPS) is 12.9. The van der Waals surface area contributed by atoms with Gasteiger partial charge in [-0.1, -0.05) is 13.8 Å². The molecule has 6 heteroatoms. The smallest absolute Gasteiger partial charge is 0.180 e. The highest BCUT2D eigenvalue weighted by atomic mass is 16.3. The molecule has 0 radical (unpaired) electrons. The van der Waals surface area contributed by atoms with Crippen molar-refractivity contribution >= 4 is 17.3 Å². The molecule has 0 aliphatic carbocycles. The molecule has 1 unspecified atom stereocenters. The van der Waals surface area contributed by atoms with E-state index in [-0.39, 0.29) is 12.6 Å². The summed E-state index contributed by atoms with van der Waals surface area (Å²) >= 11 is 0. The van der Waals surface area contributed by atoms with E-state index >= 15 is 0 Å². The van der Waals surface area contributed by atoms with Gasteiger partial charge in [-0.25, -0.2) is 9.97 Å². The van der Waals surface area contributed by atoms with Gasteiger partial charge in [-0.3, -0.25) is 0 Å². The maximum absolute atomic E-state index is 9.14. The monoisotopic (exact) mass is 263 g/mol. The van der Waals surface area contributed by atoms with Gasteiger partial charge in [0.2, 0.25) is 0 Å². The molecular weight excluding hydrogens is 242 g/mol. The molecule has 2 rings (SSSR count). The lowest BCUT2D eigenvalue weighted by molar-refractivity contribution is 0.267. The van der Waals surface area contributed by atoms with Crippen LogP contribution in [0.25, 0.3) is 5.65 Å². The first-order valence-electron chi connectivity index (χ1n) is 6.54. The van der Waals surface area contributed by atoms with Gasteiger partial charge >= 0.3 is 0 Å². The lowest BCUT2D eigenvalue weighted by Crippen LogP contribution is -2.27. The molecule has 2 heterocycles. The zero-order chi connectivity index (χ0) is 13.8. The number of aliphatic hydroxyl groups is 1. The number of aromatic nitrogens is 3. The fourth-order valence-electron chi connectivity index (χ4n) is 2.04. The third kappa shape index (κ3) is 2.96. The standard InChI is InChI=1S/C13H21N5O/c1-9(2)10(4-7-19)16-12-13-15-5-6-18(13)8-11(14-3)17-12/h5-6,8-10,14,19H,4,7H2,1-3H3,(H,16,17). The first-order chi connectivity index (χ1) is 9.15. The Bertz CT molecular complexity index is 537. The van der Waals surface area contributed by atoms with Gasteiger partial charge in [0, 0.05) is 32.1 Å². The third-order valence-corrected chi connectivity index (χ3v) is 3.20. The first-order valence-corrected chi connectivity index (χ1v) is 6.54. The Morgan fingerprint density at radius 2 is 2.21 bits per heavy atom. The summed E-state index contributed by atoms with van der Waals surface area (Å²) in [5.74, 6) is 1.92. The summed E-state index contributed by atoms with van der Waals surface area (Å²) in [6.07, 6.45) is 6.22. The van der Waals surface area contributed by atoms with Gasteiger partial charge in [0.1, 0.15) is 5.82 Å². The number of anilines is 2. The molecule has 6 nitrogen and oxygen atoms in total. The lowest BCUT2D eigenvalue weighted by atomic mass is 10.0. The van der Waals surface area contributed by atoms with Gasteiger partial charge in [-0.15, -0.1) is 0 Å². The van der Waals surface area contributed by atoms with E-state index in [0.29, 0.717) is 12.3 Å². The number of aliphatic hydroxyl groups excluding tert-OH is 1. The van der Waals surface area contributed by atoms with E-state index in [1.807, 2.05) is 23.8 Å². The molecule has 2 aromatic rings. The van der Waals surface area contributed by atoms with Crippen molar-refractivity contribution in [2.75, 3.05) is 24.3 Å². The number of rotatable bonds is 6. The molecule has 0 amide bonds. The third-order valence-electron chi connectivity index (χ3n) is 3.20. The van der Waals surface area contributed by atoms with Crippen molar-refractivity contribution in [1.82, 2.24) is 14.4 Å². The van der Waals surface area contributed by atoms with E-state index in [9.17, 15) is 0 Å². The summed E-state index contributed by atoms with van der Waals surface area (Å²) in [7, 11) is 1.84. The summed E-state index contributed by atoms with van der Waals surface area (Å²) in [6, 6.07) is 0.171. The van der Waals surface area contributed by atoms with E-state index in [2.05, 4.69) is 34.4 Å². The van der Waals surface area contributed by atoms with Gasteiger partial charge in [0.15, 0.2) is 11.5 Å². The average molecular weight is 263 g/mol. The Hall–Kier alpha value is -1.82. The van der Waals surface area contributed by atoms with Crippen molar-refractivity contribution in [2.24, 2.45) is 5.92 Å². The number of nitrogens with zero attached hydrogens (tertiary/aromatic N) is 3. The Morgan fingerprint density at radius 3 is 2.84 bits per heavy atom. The summed E-state index contributed by atoms with van der Waals surface area (Å²) in [5, 5.41) is 15.6. The molecule has 0 saturated heterocycles. The van der Waals surface area contributed by atoms with E-state index < -0.39 is 0 Å². The van der Waals surface area contributed by atoms with Crippen molar-refractivity contribution in [1.29, 1.82) is 0 Å². The van der Waals surface area contributed by atoms with Crippen molar-refractivity contribution < 1.29 is 5.11 Å². The van der Waals surface area contributed by atoms with E-state index in [1.165, 1.54) is 0 Å². The zero-order valence-corrected chi connectivity index (χ0v) is 11.6. The van der Waals surface area contributed by atoms with Gasteiger partial charge < -0.3 is 20.1 Å². The van der Waals surface area contributed by atoms with E-state index in [4.69, 9.17) is 5.11 Å². The molecule has 0 aliphatic rings. The predicted octanol–water partition coefficient (Wildman–Crippen LogP) is 1.59.